The number of nitrogens with zero attached hydrogens (tertiary/aromatic N) is 3. The molecule has 1 atom stereocenters. The third kappa shape index (κ3) is 5.18. The molecule has 0 aliphatic carbocycles. The maximum atomic E-state index is 14.1. The zero-order valence-corrected chi connectivity index (χ0v) is 21.0. The lowest BCUT2D eigenvalue weighted by atomic mass is 10.0. The van der Waals surface area contributed by atoms with Crippen LogP contribution in [0, 0.1) is 11.7 Å². The van der Waals surface area contributed by atoms with E-state index in [1.807, 2.05) is 4.90 Å². The monoisotopic (exact) mass is 502 g/mol. The van der Waals surface area contributed by atoms with Gasteiger partial charge in [-0.2, -0.15) is 4.72 Å². The predicted molar refractivity (Wildman–Crippen MR) is 132 cm³/mol. The highest BCUT2D eigenvalue weighted by atomic mass is 32.2. The number of hydrogen-bond donors (Lipinski definition) is 1. The third-order valence-corrected chi connectivity index (χ3v) is 8.08. The molecule has 35 heavy (non-hydrogen) atoms. The maximum Gasteiger partial charge on any atom is 0.241 e. The molecule has 10 heteroatoms. The van der Waals surface area contributed by atoms with Gasteiger partial charge in [0.25, 0.3) is 0 Å². The van der Waals surface area contributed by atoms with Crippen LogP contribution in [0.25, 0.3) is 0 Å². The Hall–Kier alpha value is -2.98. The van der Waals surface area contributed by atoms with E-state index in [0.29, 0.717) is 44.8 Å². The number of hydrogen-bond acceptors (Lipinski definition) is 5. The van der Waals surface area contributed by atoms with Crippen LogP contribution in [0.5, 0.6) is 0 Å². The molecular formula is C25H31FN4O4S. The van der Waals surface area contributed by atoms with Crippen molar-refractivity contribution in [3.63, 3.8) is 0 Å². The number of fused-ring (bicyclic) bond motifs is 1. The van der Waals surface area contributed by atoms with Crippen molar-refractivity contribution in [1.29, 1.82) is 0 Å². The van der Waals surface area contributed by atoms with Gasteiger partial charge in [-0.05, 0) is 48.2 Å². The Bertz CT molecular complexity index is 1230. The lowest BCUT2D eigenvalue weighted by Gasteiger charge is -2.38. The van der Waals surface area contributed by atoms with E-state index in [9.17, 15) is 22.4 Å². The van der Waals surface area contributed by atoms with Gasteiger partial charge in [-0.3, -0.25) is 9.59 Å². The number of anilines is 2. The number of benzene rings is 2. The van der Waals surface area contributed by atoms with E-state index < -0.39 is 16.1 Å². The fourth-order valence-electron chi connectivity index (χ4n) is 4.65. The van der Waals surface area contributed by atoms with Crippen molar-refractivity contribution in [2.24, 2.45) is 5.92 Å². The van der Waals surface area contributed by atoms with Gasteiger partial charge in [0, 0.05) is 45.3 Å². The zero-order chi connectivity index (χ0) is 25.3. The first kappa shape index (κ1) is 25.1. The average molecular weight is 503 g/mol. The van der Waals surface area contributed by atoms with Gasteiger partial charge in [0.1, 0.15) is 11.9 Å². The van der Waals surface area contributed by atoms with Gasteiger partial charge in [-0.1, -0.05) is 26.0 Å². The van der Waals surface area contributed by atoms with Crippen LogP contribution in [0.2, 0.25) is 0 Å². The fraction of sp³-hybridized carbons (Fsp3) is 0.440. The van der Waals surface area contributed by atoms with E-state index in [1.54, 1.807) is 54.0 Å². The maximum absolute atomic E-state index is 14.1. The van der Waals surface area contributed by atoms with Gasteiger partial charge in [0.2, 0.25) is 21.8 Å². The van der Waals surface area contributed by atoms with E-state index in [2.05, 4.69) is 4.72 Å². The minimum absolute atomic E-state index is 0.0736. The molecule has 1 saturated heterocycles. The van der Waals surface area contributed by atoms with E-state index in [1.165, 1.54) is 19.1 Å². The van der Waals surface area contributed by atoms with Gasteiger partial charge < -0.3 is 14.7 Å². The highest BCUT2D eigenvalue weighted by molar-refractivity contribution is 7.89. The smallest absolute Gasteiger partial charge is 0.241 e. The second-order valence-electron chi connectivity index (χ2n) is 9.32. The summed E-state index contributed by atoms with van der Waals surface area (Å²) in [5.74, 6) is -0.955. The second-order valence-corrected chi connectivity index (χ2v) is 11.0. The van der Waals surface area contributed by atoms with Gasteiger partial charge in [0.05, 0.1) is 10.6 Å². The number of nitrogens with one attached hydrogen (secondary N) is 1. The Kier molecular flexibility index (Phi) is 7.14. The lowest BCUT2D eigenvalue weighted by molar-refractivity contribution is -0.134. The van der Waals surface area contributed by atoms with Gasteiger partial charge in [0.15, 0.2) is 0 Å². The predicted octanol–water partition coefficient (Wildman–Crippen LogP) is 2.39. The van der Waals surface area contributed by atoms with Crippen LogP contribution in [0.15, 0.2) is 47.4 Å². The fourth-order valence-corrected chi connectivity index (χ4v) is 6.04. The number of carbonyl (C=O) groups excluding carboxylic acids is 2. The van der Waals surface area contributed by atoms with Crippen molar-refractivity contribution in [3.05, 3.63) is 53.8 Å². The van der Waals surface area contributed by atoms with Crippen molar-refractivity contribution in [2.45, 2.75) is 38.1 Å². The first-order valence-corrected chi connectivity index (χ1v) is 13.3. The molecule has 0 unspecified atom stereocenters. The number of sulfonamides is 1. The number of amides is 2. The molecule has 2 amide bonds. The van der Waals surface area contributed by atoms with Crippen LogP contribution in [0.3, 0.4) is 0 Å². The highest BCUT2D eigenvalue weighted by Crippen LogP contribution is 2.30. The molecule has 2 aromatic rings. The van der Waals surface area contributed by atoms with Crippen LogP contribution in [0.4, 0.5) is 15.8 Å². The van der Waals surface area contributed by atoms with Crippen molar-refractivity contribution in [2.75, 3.05) is 42.5 Å². The Morgan fingerprint density at radius 3 is 2.29 bits per heavy atom. The van der Waals surface area contributed by atoms with Gasteiger partial charge >= 0.3 is 0 Å². The summed E-state index contributed by atoms with van der Waals surface area (Å²) in [6.45, 7) is 7.27. The Morgan fingerprint density at radius 2 is 1.66 bits per heavy atom. The largest absolute Gasteiger partial charge is 0.366 e. The number of piperazine rings is 1. The Labute approximate surface area is 205 Å². The van der Waals surface area contributed by atoms with Crippen LogP contribution < -0.4 is 14.5 Å². The highest BCUT2D eigenvalue weighted by Gasteiger charge is 2.34. The summed E-state index contributed by atoms with van der Waals surface area (Å²) in [4.78, 5) is 30.3. The average Bonchev–Trinajstić information content (AvgIpc) is 3.26. The van der Waals surface area contributed by atoms with Gasteiger partial charge in [-0.15, -0.1) is 0 Å². The van der Waals surface area contributed by atoms with Crippen molar-refractivity contribution in [1.82, 2.24) is 9.62 Å². The summed E-state index contributed by atoms with van der Waals surface area (Å²) >= 11 is 0. The molecule has 2 aliphatic rings. The van der Waals surface area contributed by atoms with Crippen LogP contribution in [-0.2, 0) is 26.0 Å². The van der Waals surface area contributed by atoms with E-state index in [0.717, 1.165) is 11.3 Å². The molecule has 0 radical (unpaired) electrons. The van der Waals surface area contributed by atoms with Crippen molar-refractivity contribution >= 4 is 33.2 Å². The summed E-state index contributed by atoms with van der Waals surface area (Å²) < 4.78 is 43.2. The summed E-state index contributed by atoms with van der Waals surface area (Å²) in [6.07, 6.45) is 0.580. The molecule has 0 spiro atoms. The first-order chi connectivity index (χ1) is 16.6. The number of carbonyl (C=O) groups is 2. The SMILES string of the molecule is CC(=O)N1CCc2cc(S(=O)(=O)N[C@H](C(=O)N3CCN(c4ccccc4F)CC3)C(C)C)ccc21. The van der Waals surface area contributed by atoms with Gasteiger partial charge in [-0.25, -0.2) is 12.8 Å². The second kappa shape index (κ2) is 9.94. The molecule has 4 rings (SSSR count). The number of para-hydroxylation sites is 1. The Balaban J connectivity index is 1.46. The summed E-state index contributed by atoms with van der Waals surface area (Å²) in [5.41, 5.74) is 2.01. The molecule has 2 heterocycles. The number of halogens is 1. The zero-order valence-electron chi connectivity index (χ0n) is 20.2. The molecule has 1 N–H and O–H groups in total. The molecule has 1 fully saturated rings. The Morgan fingerprint density at radius 1 is 0.971 bits per heavy atom. The van der Waals surface area contributed by atoms with Crippen LogP contribution in [-0.4, -0.2) is 63.9 Å². The topological polar surface area (TPSA) is 90.0 Å². The molecule has 0 bridgehead atoms. The first-order valence-electron chi connectivity index (χ1n) is 11.8. The molecular weight excluding hydrogens is 471 g/mol. The van der Waals surface area contributed by atoms with E-state index in [-0.39, 0.29) is 28.4 Å². The molecule has 2 aliphatic heterocycles. The molecule has 0 saturated carbocycles. The summed E-state index contributed by atoms with van der Waals surface area (Å²) in [7, 11) is -3.97. The summed E-state index contributed by atoms with van der Waals surface area (Å²) in [5, 5.41) is 0. The minimum atomic E-state index is -3.97. The molecule has 2 aromatic carbocycles. The lowest BCUT2D eigenvalue weighted by Crippen LogP contribution is -2.56. The third-order valence-electron chi connectivity index (χ3n) is 6.64. The van der Waals surface area contributed by atoms with Crippen LogP contribution in [0.1, 0.15) is 26.3 Å². The normalized spacial score (nSPS) is 17.0. The number of rotatable bonds is 6. The quantitative estimate of drug-likeness (QED) is 0.655. The van der Waals surface area contributed by atoms with E-state index >= 15 is 0 Å². The summed E-state index contributed by atoms with van der Waals surface area (Å²) in [6, 6.07) is 10.3. The standard InChI is InChI=1S/C25H31FN4O4S/c1-17(2)24(25(32)29-14-12-28(13-15-29)23-7-5-4-6-21(23)26)27-35(33,34)20-8-9-22-19(16-20)10-11-30(22)18(3)31/h4-9,16-17,24,27H,10-15H2,1-3H3/t24-/m0/s1. The van der Waals surface area contributed by atoms with Crippen molar-refractivity contribution in [3.8, 4) is 0 Å². The molecule has 188 valence electrons. The van der Waals surface area contributed by atoms with Crippen molar-refractivity contribution < 1.29 is 22.4 Å². The van der Waals surface area contributed by atoms with E-state index in [4.69, 9.17) is 0 Å². The van der Waals surface area contributed by atoms with Crippen LogP contribution >= 0.6 is 0 Å². The minimum Gasteiger partial charge on any atom is -0.366 e. The molecule has 0 aromatic heterocycles. The molecule has 8 nitrogen and oxygen atoms in total.